The van der Waals surface area contributed by atoms with Gasteiger partial charge in [0, 0.05) is 25.2 Å². The van der Waals surface area contributed by atoms with Crippen molar-refractivity contribution >= 4 is 17.5 Å². The van der Waals surface area contributed by atoms with Gasteiger partial charge in [0.15, 0.2) is 0 Å². The zero-order chi connectivity index (χ0) is 20.9. The van der Waals surface area contributed by atoms with Crippen LogP contribution in [0.4, 0.5) is 5.69 Å². The Morgan fingerprint density at radius 2 is 1.77 bits per heavy atom. The van der Waals surface area contributed by atoms with E-state index < -0.39 is 0 Å². The van der Waals surface area contributed by atoms with E-state index in [2.05, 4.69) is 35.3 Å². The molecule has 0 saturated carbocycles. The van der Waals surface area contributed by atoms with Crippen LogP contribution in [0.5, 0.6) is 0 Å². The SMILES string of the molecule is CCc1ccccc1N1CC(C(=O)NC(CN2CCCC2)c2ccccc2)CC1=O. The lowest BCUT2D eigenvalue weighted by atomic mass is 10.0. The van der Waals surface area contributed by atoms with Gasteiger partial charge < -0.3 is 15.1 Å². The van der Waals surface area contributed by atoms with Crippen LogP contribution in [-0.4, -0.2) is 42.9 Å². The van der Waals surface area contributed by atoms with Gasteiger partial charge in [-0.05, 0) is 49.5 Å². The summed E-state index contributed by atoms with van der Waals surface area (Å²) in [5.74, 6) is -0.299. The van der Waals surface area contributed by atoms with Gasteiger partial charge in [0.2, 0.25) is 11.8 Å². The van der Waals surface area contributed by atoms with Crippen LogP contribution in [0.3, 0.4) is 0 Å². The molecule has 2 saturated heterocycles. The van der Waals surface area contributed by atoms with Crippen molar-refractivity contribution in [3.05, 3.63) is 65.7 Å². The van der Waals surface area contributed by atoms with E-state index in [-0.39, 0.29) is 30.2 Å². The Kier molecular flexibility index (Phi) is 6.48. The molecule has 0 aromatic heterocycles. The fourth-order valence-electron chi connectivity index (χ4n) is 4.62. The Labute approximate surface area is 179 Å². The molecule has 0 radical (unpaired) electrons. The highest BCUT2D eigenvalue weighted by Gasteiger charge is 2.36. The molecule has 2 aromatic carbocycles. The van der Waals surface area contributed by atoms with Crippen LogP contribution in [0, 0.1) is 5.92 Å². The number of nitrogens with one attached hydrogen (secondary N) is 1. The fraction of sp³-hybridized carbons (Fsp3) is 0.440. The van der Waals surface area contributed by atoms with E-state index in [1.807, 2.05) is 36.4 Å². The lowest BCUT2D eigenvalue weighted by Crippen LogP contribution is -2.40. The van der Waals surface area contributed by atoms with E-state index in [4.69, 9.17) is 0 Å². The first-order valence-electron chi connectivity index (χ1n) is 11.1. The minimum absolute atomic E-state index is 0.0205. The van der Waals surface area contributed by atoms with E-state index in [0.29, 0.717) is 6.54 Å². The molecule has 30 heavy (non-hydrogen) atoms. The Balaban J connectivity index is 1.46. The molecule has 2 aromatic rings. The minimum atomic E-state index is -0.313. The average molecular weight is 406 g/mol. The molecule has 0 aliphatic carbocycles. The zero-order valence-electron chi connectivity index (χ0n) is 17.7. The van der Waals surface area contributed by atoms with Crippen LogP contribution in [0.15, 0.2) is 54.6 Å². The number of amides is 2. The maximum absolute atomic E-state index is 13.2. The van der Waals surface area contributed by atoms with E-state index in [9.17, 15) is 9.59 Å². The Bertz CT molecular complexity index is 877. The minimum Gasteiger partial charge on any atom is -0.348 e. The van der Waals surface area contributed by atoms with Gasteiger partial charge in [0.05, 0.1) is 12.0 Å². The summed E-state index contributed by atoms with van der Waals surface area (Å²) in [5.41, 5.74) is 3.20. The second-order valence-electron chi connectivity index (χ2n) is 8.37. The summed E-state index contributed by atoms with van der Waals surface area (Å²) < 4.78 is 0. The number of hydrogen-bond acceptors (Lipinski definition) is 3. The van der Waals surface area contributed by atoms with Gasteiger partial charge in [-0.25, -0.2) is 0 Å². The van der Waals surface area contributed by atoms with Crippen molar-refractivity contribution in [1.29, 1.82) is 0 Å². The van der Waals surface area contributed by atoms with Crippen LogP contribution < -0.4 is 10.2 Å². The molecule has 5 nitrogen and oxygen atoms in total. The van der Waals surface area contributed by atoms with Crippen LogP contribution in [0.1, 0.15) is 43.4 Å². The number of anilines is 1. The molecule has 2 aliphatic heterocycles. The molecule has 158 valence electrons. The van der Waals surface area contributed by atoms with E-state index in [1.54, 1.807) is 4.90 Å². The first kappa shape index (κ1) is 20.6. The summed E-state index contributed by atoms with van der Waals surface area (Å²) in [5, 5.41) is 3.26. The highest BCUT2D eigenvalue weighted by molar-refractivity contribution is 6.00. The second kappa shape index (κ2) is 9.43. The Hall–Kier alpha value is -2.66. The average Bonchev–Trinajstić information content (AvgIpc) is 3.43. The number of rotatable bonds is 7. The van der Waals surface area contributed by atoms with Crippen molar-refractivity contribution in [2.75, 3.05) is 31.1 Å². The quantitative estimate of drug-likeness (QED) is 0.766. The molecule has 0 bridgehead atoms. The maximum atomic E-state index is 13.2. The molecule has 4 rings (SSSR count). The summed E-state index contributed by atoms with van der Waals surface area (Å²) in [6.45, 7) is 5.53. The van der Waals surface area contributed by atoms with Gasteiger partial charge in [-0.3, -0.25) is 9.59 Å². The van der Waals surface area contributed by atoms with Crippen molar-refractivity contribution in [3.8, 4) is 0 Å². The highest BCUT2D eigenvalue weighted by atomic mass is 16.2. The van der Waals surface area contributed by atoms with Gasteiger partial charge in [0.1, 0.15) is 0 Å². The number of carbonyl (C=O) groups excluding carboxylic acids is 2. The third-order valence-electron chi connectivity index (χ3n) is 6.32. The van der Waals surface area contributed by atoms with Crippen LogP contribution in [0.25, 0.3) is 0 Å². The number of aryl methyl sites for hydroxylation is 1. The summed E-state index contributed by atoms with van der Waals surface area (Å²) in [4.78, 5) is 30.1. The van der Waals surface area contributed by atoms with Crippen molar-refractivity contribution < 1.29 is 9.59 Å². The Morgan fingerprint density at radius 3 is 2.50 bits per heavy atom. The normalized spacial score (nSPS) is 20.5. The van der Waals surface area contributed by atoms with Gasteiger partial charge in [-0.15, -0.1) is 0 Å². The van der Waals surface area contributed by atoms with E-state index >= 15 is 0 Å². The number of hydrogen-bond donors (Lipinski definition) is 1. The molecule has 2 amide bonds. The predicted octanol–water partition coefficient (Wildman–Crippen LogP) is 3.56. The standard InChI is InChI=1S/C25H31N3O2/c1-2-19-10-6-7-13-23(19)28-17-21(16-24(28)29)25(30)26-22(18-27-14-8-9-15-27)20-11-4-3-5-12-20/h3-7,10-13,21-22H,2,8-9,14-18H2,1H3,(H,26,30). The van der Waals surface area contributed by atoms with Gasteiger partial charge >= 0.3 is 0 Å². The van der Waals surface area contributed by atoms with Crippen molar-refractivity contribution in [1.82, 2.24) is 10.2 Å². The summed E-state index contributed by atoms with van der Waals surface area (Å²) >= 11 is 0. The van der Waals surface area contributed by atoms with Crippen molar-refractivity contribution in [2.24, 2.45) is 5.92 Å². The number of likely N-dealkylation sites (tertiary alicyclic amines) is 1. The lowest BCUT2D eigenvalue weighted by Gasteiger charge is -2.26. The van der Waals surface area contributed by atoms with Crippen molar-refractivity contribution in [2.45, 2.75) is 38.6 Å². The fourth-order valence-corrected chi connectivity index (χ4v) is 4.62. The zero-order valence-corrected chi connectivity index (χ0v) is 17.7. The number of carbonyl (C=O) groups is 2. The predicted molar refractivity (Wildman–Crippen MR) is 119 cm³/mol. The molecule has 1 N–H and O–H groups in total. The van der Waals surface area contributed by atoms with Gasteiger partial charge in [-0.2, -0.15) is 0 Å². The topological polar surface area (TPSA) is 52.7 Å². The number of nitrogens with zero attached hydrogens (tertiary/aromatic N) is 2. The molecule has 2 unspecified atom stereocenters. The molecule has 2 heterocycles. The largest absolute Gasteiger partial charge is 0.348 e. The third kappa shape index (κ3) is 4.57. The molecule has 2 atom stereocenters. The van der Waals surface area contributed by atoms with E-state index in [1.165, 1.54) is 12.8 Å². The van der Waals surface area contributed by atoms with Gasteiger partial charge in [0.25, 0.3) is 0 Å². The van der Waals surface area contributed by atoms with Crippen LogP contribution in [-0.2, 0) is 16.0 Å². The molecular formula is C25H31N3O2. The monoisotopic (exact) mass is 405 g/mol. The molecule has 2 fully saturated rings. The lowest BCUT2D eigenvalue weighted by molar-refractivity contribution is -0.127. The second-order valence-corrected chi connectivity index (χ2v) is 8.37. The first-order valence-corrected chi connectivity index (χ1v) is 11.1. The first-order chi connectivity index (χ1) is 14.7. The molecule has 2 aliphatic rings. The highest BCUT2D eigenvalue weighted by Crippen LogP contribution is 2.29. The summed E-state index contributed by atoms with van der Waals surface area (Å²) in [7, 11) is 0. The number of para-hydroxylation sites is 1. The summed E-state index contributed by atoms with van der Waals surface area (Å²) in [6.07, 6.45) is 3.58. The smallest absolute Gasteiger partial charge is 0.227 e. The number of benzene rings is 2. The van der Waals surface area contributed by atoms with Gasteiger partial charge in [-0.1, -0.05) is 55.5 Å². The molecular weight excluding hydrogens is 374 g/mol. The Morgan fingerprint density at radius 1 is 1.07 bits per heavy atom. The molecule has 5 heteroatoms. The summed E-state index contributed by atoms with van der Waals surface area (Å²) in [6, 6.07) is 18.1. The van der Waals surface area contributed by atoms with Crippen LogP contribution in [0.2, 0.25) is 0 Å². The van der Waals surface area contributed by atoms with E-state index in [0.717, 1.165) is 42.9 Å². The maximum Gasteiger partial charge on any atom is 0.227 e. The molecule has 0 spiro atoms. The third-order valence-corrected chi connectivity index (χ3v) is 6.32. The van der Waals surface area contributed by atoms with Crippen LogP contribution >= 0.6 is 0 Å². The van der Waals surface area contributed by atoms with Crippen molar-refractivity contribution in [3.63, 3.8) is 0 Å².